The third kappa shape index (κ3) is 1.88. The first kappa shape index (κ1) is 12.6. The minimum absolute atomic E-state index is 0.898. The molecule has 0 unspecified atom stereocenters. The molecule has 0 bridgehead atoms. The van der Waals surface area contributed by atoms with Gasteiger partial charge in [-0.25, -0.2) is 9.50 Å². The molecule has 21 heavy (non-hydrogen) atoms. The molecule has 0 radical (unpaired) electrons. The molecule has 1 aromatic carbocycles. The van der Waals surface area contributed by atoms with E-state index in [1.807, 2.05) is 10.7 Å². The number of nitrogens with one attached hydrogen (secondary N) is 1. The summed E-state index contributed by atoms with van der Waals surface area (Å²) in [5.41, 5.74) is 6.64. The SMILES string of the molecule is Cc1c(-c2cc(C)c3ncnn3c2)[nH]c2cc(Br)ccc12. The number of halogens is 1. The van der Waals surface area contributed by atoms with E-state index in [2.05, 4.69) is 69.1 Å². The first-order chi connectivity index (χ1) is 10.1. The number of aryl methyl sites for hydroxylation is 2. The summed E-state index contributed by atoms with van der Waals surface area (Å²) in [4.78, 5) is 7.78. The zero-order chi connectivity index (χ0) is 14.6. The van der Waals surface area contributed by atoms with Gasteiger partial charge in [-0.05, 0) is 43.2 Å². The van der Waals surface area contributed by atoms with Crippen molar-refractivity contribution in [2.24, 2.45) is 0 Å². The highest BCUT2D eigenvalue weighted by Gasteiger charge is 2.12. The number of fused-ring (bicyclic) bond motifs is 2. The highest BCUT2D eigenvalue weighted by atomic mass is 79.9. The van der Waals surface area contributed by atoms with Crippen molar-refractivity contribution < 1.29 is 0 Å². The van der Waals surface area contributed by atoms with Crippen LogP contribution in [0.25, 0.3) is 27.8 Å². The van der Waals surface area contributed by atoms with Crippen molar-refractivity contribution in [3.05, 3.63) is 52.4 Å². The van der Waals surface area contributed by atoms with Gasteiger partial charge in [0.05, 0.1) is 5.69 Å². The molecule has 0 fully saturated rings. The zero-order valence-electron chi connectivity index (χ0n) is 11.7. The molecule has 1 N–H and O–H groups in total. The van der Waals surface area contributed by atoms with Crippen molar-refractivity contribution in [3.8, 4) is 11.3 Å². The Morgan fingerprint density at radius 1 is 1.19 bits per heavy atom. The number of nitrogens with zero attached hydrogens (tertiary/aromatic N) is 3. The Labute approximate surface area is 130 Å². The van der Waals surface area contributed by atoms with Crippen LogP contribution in [0.15, 0.2) is 41.3 Å². The number of benzene rings is 1. The summed E-state index contributed by atoms with van der Waals surface area (Å²) < 4.78 is 2.90. The van der Waals surface area contributed by atoms with E-state index in [4.69, 9.17) is 0 Å². The van der Waals surface area contributed by atoms with Crippen LogP contribution in [0.5, 0.6) is 0 Å². The Hall–Kier alpha value is -2.14. The van der Waals surface area contributed by atoms with E-state index in [1.165, 1.54) is 10.9 Å². The summed E-state index contributed by atoms with van der Waals surface area (Å²) in [5, 5.41) is 5.49. The maximum Gasteiger partial charge on any atom is 0.158 e. The normalized spacial score (nSPS) is 11.6. The molecule has 0 spiro atoms. The second-order valence-electron chi connectivity index (χ2n) is 5.25. The summed E-state index contributed by atoms with van der Waals surface area (Å²) in [6.07, 6.45) is 3.60. The number of aromatic nitrogens is 4. The molecule has 4 rings (SSSR count). The number of pyridine rings is 1. The van der Waals surface area contributed by atoms with E-state index < -0.39 is 0 Å². The van der Waals surface area contributed by atoms with Crippen LogP contribution >= 0.6 is 15.9 Å². The lowest BCUT2D eigenvalue weighted by atomic mass is 10.1. The van der Waals surface area contributed by atoms with Gasteiger partial charge in [-0.1, -0.05) is 22.0 Å². The summed E-state index contributed by atoms with van der Waals surface area (Å²) >= 11 is 3.52. The van der Waals surface area contributed by atoms with Gasteiger partial charge in [0.1, 0.15) is 6.33 Å². The monoisotopic (exact) mass is 340 g/mol. The molecule has 4 aromatic rings. The molecule has 3 aromatic heterocycles. The van der Waals surface area contributed by atoms with Crippen molar-refractivity contribution in [2.45, 2.75) is 13.8 Å². The highest BCUT2D eigenvalue weighted by Crippen LogP contribution is 2.31. The fourth-order valence-corrected chi connectivity index (χ4v) is 3.19. The molecule has 0 saturated carbocycles. The van der Waals surface area contributed by atoms with Crippen molar-refractivity contribution in [2.75, 3.05) is 0 Å². The Morgan fingerprint density at radius 3 is 2.90 bits per heavy atom. The van der Waals surface area contributed by atoms with E-state index in [9.17, 15) is 0 Å². The number of hydrogen-bond acceptors (Lipinski definition) is 2. The standard InChI is InChI=1S/C16H13BrN4/c1-9-5-11(7-21-16(9)18-8-19-21)15-10(2)13-4-3-12(17)6-14(13)20-15/h3-8,20H,1-2H3. The minimum atomic E-state index is 0.898. The maximum absolute atomic E-state index is 4.27. The molecular formula is C16H13BrN4. The predicted octanol–water partition coefficient (Wildman–Crippen LogP) is 4.26. The molecular weight excluding hydrogens is 328 g/mol. The smallest absolute Gasteiger partial charge is 0.158 e. The van der Waals surface area contributed by atoms with E-state index >= 15 is 0 Å². The number of aromatic amines is 1. The van der Waals surface area contributed by atoms with Gasteiger partial charge in [0.2, 0.25) is 0 Å². The molecule has 0 atom stereocenters. The Kier molecular flexibility index (Phi) is 2.65. The van der Waals surface area contributed by atoms with Crippen LogP contribution in [0, 0.1) is 13.8 Å². The molecule has 104 valence electrons. The van der Waals surface area contributed by atoms with Crippen LogP contribution in [0.2, 0.25) is 0 Å². The Balaban J connectivity index is 2.01. The maximum atomic E-state index is 4.27. The van der Waals surface area contributed by atoms with E-state index in [0.717, 1.165) is 32.5 Å². The van der Waals surface area contributed by atoms with Crippen LogP contribution < -0.4 is 0 Å². The average Bonchev–Trinajstić information content (AvgIpc) is 3.04. The average molecular weight is 341 g/mol. The van der Waals surface area contributed by atoms with Gasteiger partial charge in [-0.15, -0.1) is 0 Å². The van der Waals surface area contributed by atoms with Crippen molar-refractivity contribution in [1.82, 2.24) is 19.6 Å². The molecule has 0 aliphatic rings. The molecule has 0 saturated heterocycles. The molecule has 0 aliphatic heterocycles. The molecule has 5 heteroatoms. The molecule has 0 aliphatic carbocycles. The second kappa shape index (κ2) is 4.43. The third-order valence-corrected chi connectivity index (χ3v) is 4.36. The van der Waals surface area contributed by atoms with Crippen LogP contribution in [0.4, 0.5) is 0 Å². The van der Waals surface area contributed by atoms with E-state index in [1.54, 1.807) is 6.33 Å². The van der Waals surface area contributed by atoms with Crippen molar-refractivity contribution in [1.29, 1.82) is 0 Å². The van der Waals surface area contributed by atoms with Crippen molar-refractivity contribution >= 4 is 32.5 Å². The van der Waals surface area contributed by atoms with Crippen LogP contribution in [-0.4, -0.2) is 19.6 Å². The van der Waals surface area contributed by atoms with Crippen molar-refractivity contribution in [3.63, 3.8) is 0 Å². The molecule has 3 heterocycles. The zero-order valence-corrected chi connectivity index (χ0v) is 13.3. The number of H-pyrrole nitrogens is 1. The first-order valence-electron chi connectivity index (χ1n) is 6.71. The summed E-state index contributed by atoms with van der Waals surface area (Å²) in [6, 6.07) is 8.46. The van der Waals surface area contributed by atoms with Crippen LogP contribution in [0.1, 0.15) is 11.1 Å². The molecule has 0 amide bonds. The predicted molar refractivity (Wildman–Crippen MR) is 87.5 cm³/mol. The quantitative estimate of drug-likeness (QED) is 0.562. The van der Waals surface area contributed by atoms with Crippen LogP contribution in [0.3, 0.4) is 0 Å². The van der Waals surface area contributed by atoms with Gasteiger partial charge in [0.25, 0.3) is 0 Å². The Bertz CT molecular complexity index is 981. The lowest BCUT2D eigenvalue weighted by Gasteiger charge is -2.04. The lowest BCUT2D eigenvalue weighted by Crippen LogP contribution is -1.93. The largest absolute Gasteiger partial charge is 0.354 e. The van der Waals surface area contributed by atoms with E-state index in [0.29, 0.717) is 0 Å². The molecule has 4 nitrogen and oxygen atoms in total. The van der Waals surface area contributed by atoms with E-state index in [-0.39, 0.29) is 0 Å². The third-order valence-electron chi connectivity index (χ3n) is 3.87. The number of rotatable bonds is 1. The van der Waals surface area contributed by atoms with Gasteiger partial charge in [-0.2, -0.15) is 5.10 Å². The van der Waals surface area contributed by atoms with Gasteiger partial charge in [-0.3, -0.25) is 0 Å². The van der Waals surface area contributed by atoms with Crippen LogP contribution in [-0.2, 0) is 0 Å². The first-order valence-corrected chi connectivity index (χ1v) is 7.51. The van der Waals surface area contributed by atoms with Gasteiger partial charge in [0, 0.05) is 27.1 Å². The topological polar surface area (TPSA) is 46.0 Å². The highest BCUT2D eigenvalue weighted by molar-refractivity contribution is 9.10. The van der Waals surface area contributed by atoms with Gasteiger partial charge < -0.3 is 4.98 Å². The van der Waals surface area contributed by atoms with Gasteiger partial charge >= 0.3 is 0 Å². The summed E-state index contributed by atoms with van der Waals surface area (Å²) in [6.45, 7) is 4.20. The lowest BCUT2D eigenvalue weighted by molar-refractivity contribution is 0.956. The minimum Gasteiger partial charge on any atom is -0.354 e. The fourth-order valence-electron chi connectivity index (χ4n) is 2.83. The second-order valence-corrected chi connectivity index (χ2v) is 6.17. The van der Waals surface area contributed by atoms with Gasteiger partial charge in [0.15, 0.2) is 5.65 Å². The summed E-state index contributed by atoms with van der Waals surface area (Å²) in [5.74, 6) is 0. The fraction of sp³-hybridized carbons (Fsp3) is 0.125. The number of hydrogen-bond donors (Lipinski definition) is 1. The summed E-state index contributed by atoms with van der Waals surface area (Å²) in [7, 11) is 0. The Morgan fingerprint density at radius 2 is 2.05 bits per heavy atom.